The average molecular weight is 412 g/mol. The minimum atomic E-state index is 0.128. The first-order chi connectivity index (χ1) is 14.7. The van der Waals surface area contributed by atoms with Crippen LogP contribution in [0.4, 0.5) is 0 Å². The van der Waals surface area contributed by atoms with E-state index in [0.29, 0.717) is 12.0 Å². The highest BCUT2D eigenvalue weighted by molar-refractivity contribution is 5.99. The molecule has 4 heterocycles. The lowest BCUT2D eigenvalue weighted by atomic mass is 9.96. The Morgan fingerprint density at radius 2 is 1.90 bits per heavy atom. The van der Waals surface area contributed by atoms with E-state index in [-0.39, 0.29) is 12.5 Å². The first-order valence-corrected chi connectivity index (χ1v) is 11.5. The number of aliphatic hydroxyl groups is 1. The van der Waals surface area contributed by atoms with Crippen molar-refractivity contribution < 1.29 is 14.6 Å². The van der Waals surface area contributed by atoms with Crippen molar-refractivity contribution in [3.63, 3.8) is 0 Å². The Bertz CT molecular complexity index is 923. The Morgan fingerprint density at radius 1 is 1.13 bits per heavy atom. The number of piperidine rings is 1. The fraction of sp³-hybridized carbons (Fsp3) is 0.625. The molecule has 2 aromatic rings. The molecule has 6 nitrogen and oxygen atoms in total. The zero-order chi connectivity index (χ0) is 20.7. The van der Waals surface area contributed by atoms with Crippen molar-refractivity contribution >= 4 is 16.8 Å². The normalized spacial score (nSPS) is 21.9. The number of aliphatic hydroxyl groups excluding tert-OH is 1. The Labute approximate surface area is 178 Å². The number of carbonyl (C=O) groups is 1. The van der Waals surface area contributed by atoms with E-state index >= 15 is 0 Å². The summed E-state index contributed by atoms with van der Waals surface area (Å²) in [6.07, 6.45) is 5.09. The van der Waals surface area contributed by atoms with Crippen LogP contribution in [0.3, 0.4) is 0 Å². The summed E-state index contributed by atoms with van der Waals surface area (Å²) in [5.41, 5.74) is 4.84. The number of ether oxygens (including phenoxy) is 1. The molecule has 1 aromatic carbocycles. The number of hydrogen-bond donors (Lipinski definition) is 1. The zero-order valence-corrected chi connectivity index (χ0v) is 18.0. The molecule has 1 amide bonds. The summed E-state index contributed by atoms with van der Waals surface area (Å²) in [6, 6.07) is 6.85. The highest BCUT2D eigenvalue weighted by atomic mass is 16.5. The van der Waals surface area contributed by atoms with Crippen LogP contribution in [0.25, 0.3) is 10.9 Å². The molecule has 1 N–H and O–H groups in total. The summed E-state index contributed by atoms with van der Waals surface area (Å²) < 4.78 is 7.89. The number of benzene rings is 1. The van der Waals surface area contributed by atoms with Crippen LogP contribution in [0.15, 0.2) is 18.2 Å². The molecular formula is C24H33N3O3. The van der Waals surface area contributed by atoms with Gasteiger partial charge in [-0.3, -0.25) is 9.69 Å². The second-order valence-electron chi connectivity index (χ2n) is 9.20. The van der Waals surface area contributed by atoms with E-state index in [4.69, 9.17) is 4.74 Å². The molecule has 3 aliphatic rings. The molecule has 3 aliphatic heterocycles. The van der Waals surface area contributed by atoms with Crippen molar-refractivity contribution in [1.29, 1.82) is 0 Å². The number of carbonyl (C=O) groups excluding carboxylic acids is 1. The predicted molar refractivity (Wildman–Crippen MR) is 117 cm³/mol. The monoisotopic (exact) mass is 411 g/mol. The molecule has 2 saturated heterocycles. The van der Waals surface area contributed by atoms with Crippen LogP contribution in [-0.4, -0.2) is 70.9 Å². The van der Waals surface area contributed by atoms with E-state index in [2.05, 4.69) is 28.6 Å². The highest BCUT2D eigenvalue weighted by Crippen LogP contribution is 2.33. The van der Waals surface area contributed by atoms with E-state index in [1.54, 1.807) is 0 Å². The van der Waals surface area contributed by atoms with E-state index in [1.807, 2.05) is 11.0 Å². The topological polar surface area (TPSA) is 57.9 Å². The van der Waals surface area contributed by atoms with Gasteiger partial charge in [0.25, 0.3) is 5.91 Å². The molecule has 0 radical (unpaired) electrons. The number of amides is 1. The molecule has 30 heavy (non-hydrogen) atoms. The van der Waals surface area contributed by atoms with Crippen molar-refractivity contribution in [1.82, 2.24) is 14.4 Å². The van der Waals surface area contributed by atoms with Crippen LogP contribution in [0, 0.1) is 5.92 Å². The van der Waals surface area contributed by atoms with Crippen molar-refractivity contribution in [3.8, 4) is 0 Å². The molecule has 0 unspecified atom stereocenters. The molecule has 0 aliphatic carbocycles. The molecule has 162 valence electrons. The molecule has 0 spiro atoms. The van der Waals surface area contributed by atoms with E-state index in [0.717, 1.165) is 77.1 Å². The third-order valence-electron chi connectivity index (χ3n) is 7.55. The van der Waals surface area contributed by atoms with Gasteiger partial charge >= 0.3 is 0 Å². The van der Waals surface area contributed by atoms with Gasteiger partial charge in [-0.2, -0.15) is 0 Å². The van der Waals surface area contributed by atoms with Gasteiger partial charge in [-0.15, -0.1) is 0 Å². The van der Waals surface area contributed by atoms with Crippen LogP contribution < -0.4 is 0 Å². The van der Waals surface area contributed by atoms with Crippen LogP contribution >= 0.6 is 0 Å². The summed E-state index contributed by atoms with van der Waals surface area (Å²) in [7, 11) is 2.16. The van der Waals surface area contributed by atoms with Gasteiger partial charge < -0.3 is 19.3 Å². The van der Waals surface area contributed by atoms with E-state index < -0.39 is 0 Å². The average Bonchev–Trinajstić information content (AvgIpc) is 3.10. The number of fused-ring (bicyclic) bond motifs is 3. The van der Waals surface area contributed by atoms with Crippen LogP contribution in [0.5, 0.6) is 0 Å². The first kappa shape index (κ1) is 20.0. The maximum absolute atomic E-state index is 13.2. The highest BCUT2D eigenvalue weighted by Gasteiger charge is 2.29. The summed E-state index contributed by atoms with van der Waals surface area (Å²) in [5, 5.41) is 10.6. The second-order valence-corrected chi connectivity index (χ2v) is 9.20. The minimum absolute atomic E-state index is 0.128. The number of hydrogen-bond acceptors (Lipinski definition) is 4. The smallest absolute Gasteiger partial charge is 0.253 e. The van der Waals surface area contributed by atoms with Gasteiger partial charge in [-0.25, -0.2) is 0 Å². The van der Waals surface area contributed by atoms with Crippen LogP contribution in [-0.2, 0) is 24.8 Å². The Hall–Kier alpha value is -1.89. The summed E-state index contributed by atoms with van der Waals surface area (Å²) in [5.74, 6) is 0.469. The van der Waals surface area contributed by atoms with Crippen LogP contribution in [0.1, 0.15) is 47.3 Å². The molecule has 0 saturated carbocycles. The van der Waals surface area contributed by atoms with E-state index in [1.165, 1.54) is 22.2 Å². The van der Waals surface area contributed by atoms with Gasteiger partial charge in [-0.1, -0.05) is 0 Å². The van der Waals surface area contributed by atoms with Crippen LogP contribution in [0.2, 0.25) is 0 Å². The standard InChI is InChI=1S/C24H33N3O3/c1-25-22-3-2-18(24(29)26-9-4-17(16-28)5-10-26)14-20(22)21-15-27(11-6-23(21)25)19-7-12-30-13-8-19/h2-3,14,17,19,28H,4-13,15-16H2,1H3. The van der Waals surface area contributed by atoms with Gasteiger partial charge in [0, 0.05) is 87.7 Å². The lowest BCUT2D eigenvalue weighted by Gasteiger charge is -2.37. The summed E-state index contributed by atoms with van der Waals surface area (Å²) in [4.78, 5) is 17.7. The van der Waals surface area contributed by atoms with E-state index in [9.17, 15) is 9.90 Å². The Morgan fingerprint density at radius 3 is 2.63 bits per heavy atom. The van der Waals surface area contributed by atoms with Gasteiger partial charge in [0.05, 0.1) is 0 Å². The molecule has 0 atom stereocenters. The minimum Gasteiger partial charge on any atom is -0.396 e. The second kappa shape index (κ2) is 8.33. The molecule has 2 fully saturated rings. The lowest BCUT2D eigenvalue weighted by Crippen LogP contribution is -2.42. The van der Waals surface area contributed by atoms with Crippen molar-refractivity contribution in [2.45, 2.75) is 44.7 Å². The fourth-order valence-corrected chi connectivity index (χ4v) is 5.60. The SMILES string of the molecule is Cn1c2c(c3cc(C(=O)N4CCC(CO)CC4)ccc31)CN(C1CCOCC1)CC2. The maximum Gasteiger partial charge on any atom is 0.253 e. The fourth-order valence-electron chi connectivity index (χ4n) is 5.60. The first-order valence-electron chi connectivity index (χ1n) is 11.5. The third-order valence-corrected chi connectivity index (χ3v) is 7.55. The number of aryl methyl sites for hydroxylation is 1. The number of nitrogens with zero attached hydrogens (tertiary/aromatic N) is 3. The Balaban J connectivity index is 1.41. The summed E-state index contributed by atoms with van der Waals surface area (Å²) in [6.45, 7) is 5.53. The maximum atomic E-state index is 13.2. The summed E-state index contributed by atoms with van der Waals surface area (Å²) >= 11 is 0. The zero-order valence-electron chi connectivity index (χ0n) is 18.0. The molecule has 1 aromatic heterocycles. The van der Waals surface area contributed by atoms with Gasteiger partial charge in [-0.05, 0) is 55.4 Å². The van der Waals surface area contributed by atoms with Gasteiger partial charge in [0.15, 0.2) is 0 Å². The number of likely N-dealkylation sites (tertiary alicyclic amines) is 1. The predicted octanol–water partition coefficient (Wildman–Crippen LogP) is 2.56. The molecule has 0 bridgehead atoms. The van der Waals surface area contributed by atoms with Crippen molar-refractivity contribution in [2.24, 2.45) is 13.0 Å². The largest absolute Gasteiger partial charge is 0.396 e. The van der Waals surface area contributed by atoms with Gasteiger partial charge in [0.2, 0.25) is 0 Å². The Kier molecular flexibility index (Phi) is 5.56. The quantitative estimate of drug-likeness (QED) is 0.843. The third kappa shape index (κ3) is 3.55. The lowest BCUT2D eigenvalue weighted by molar-refractivity contribution is 0.0289. The number of aromatic nitrogens is 1. The molecule has 6 heteroatoms. The van der Waals surface area contributed by atoms with Crippen molar-refractivity contribution in [3.05, 3.63) is 35.0 Å². The molecular weight excluding hydrogens is 378 g/mol. The number of rotatable bonds is 3. The molecule has 5 rings (SSSR count). The van der Waals surface area contributed by atoms with Gasteiger partial charge in [0.1, 0.15) is 0 Å². The van der Waals surface area contributed by atoms with Crippen molar-refractivity contribution in [2.75, 3.05) is 39.5 Å².